The molecule has 14 heteroatoms. The van der Waals surface area contributed by atoms with E-state index in [0.717, 1.165) is 0 Å². The highest BCUT2D eigenvalue weighted by molar-refractivity contribution is 7.80. The molecule has 0 aromatic carbocycles. The lowest BCUT2D eigenvalue weighted by Gasteiger charge is -2.31. The molecule has 0 saturated heterocycles. The first-order valence-corrected chi connectivity index (χ1v) is 5.66. The molecule has 122 valence electrons. The summed E-state index contributed by atoms with van der Waals surface area (Å²) in [4.78, 5) is 0. The molecule has 0 aliphatic heterocycles. The zero-order valence-electron chi connectivity index (χ0n) is 8.90. The molecule has 0 unspecified atom stereocenters. The highest BCUT2D eigenvalue weighted by atomic mass is 32.3. The molecule has 0 aliphatic carbocycles. The SMILES string of the molecule is O=S(=O)(O)OC(F)(F)C(F)(F)C(F)(F)CCC(F)(F)F. The maximum Gasteiger partial charge on any atom is 0.441 e. The molecule has 0 rings (SSSR count). The standard InChI is InChI=1S/C6H5F9O4S/c7-3(8,1-2-4(9,10)11)5(12,13)6(14,15)19-20(16,17)18/h1-2H2,(H,16,17,18). The van der Waals surface area contributed by atoms with Gasteiger partial charge in [-0.25, -0.2) is 0 Å². The van der Waals surface area contributed by atoms with Crippen LogP contribution in [-0.4, -0.2) is 37.1 Å². The summed E-state index contributed by atoms with van der Waals surface area (Å²) >= 11 is 0. The third-order valence-corrected chi connectivity index (χ3v) is 2.18. The highest BCUT2D eigenvalue weighted by Gasteiger charge is 2.74. The van der Waals surface area contributed by atoms with Gasteiger partial charge in [0, 0.05) is 12.8 Å². The molecule has 0 amide bonds. The normalized spacial score (nSPS) is 15.5. The Labute approximate surface area is 105 Å². The molecule has 1 N–H and O–H groups in total. The van der Waals surface area contributed by atoms with Gasteiger partial charge in [-0.15, -0.1) is 0 Å². The number of alkyl halides is 9. The first-order chi connectivity index (χ1) is 8.41. The molecular weight excluding hydrogens is 339 g/mol. The van der Waals surface area contributed by atoms with Crippen LogP contribution in [0.3, 0.4) is 0 Å². The quantitative estimate of drug-likeness (QED) is 0.594. The van der Waals surface area contributed by atoms with Gasteiger partial charge >= 0.3 is 34.5 Å². The second-order valence-electron chi connectivity index (χ2n) is 3.42. The second kappa shape index (κ2) is 5.22. The first-order valence-electron chi connectivity index (χ1n) is 4.29. The second-order valence-corrected chi connectivity index (χ2v) is 4.44. The summed E-state index contributed by atoms with van der Waals surface area (Å²) in [6.45, 7) is 0. The Morgan fingerprint density at radius 2 is 1.25 bits per heavy atom. The molecule has 0 heterocycles. The van der Waals surface area contributed by atoms with Gasteiger partial charge in [-0.1, -0.05) is 0 Å². The van der Waals surface area contributed by atoms with Crippen molar-refractivity contribution in [3.8, 4) is 0 Å². The van der Waals surface area contributed by atoms with E-state index in [2.05, 4.69) is 4.18 Å². The summed E-state index contributed by atoms with van der Waals surface area (Å²) in [5, 5.41) is 0. The van der Waals surface area contributed by atoms with Crippen molar-refractivity contribution in [2.75, 3.05) is 0 Å². The molecule has 0 aromatic heterocycles. The van der Waals surface area contributed by atoms with E-state index in [-0.39, 0.29) is 0 Å². The van der Waals surface area contributed by atoms with Crippen molar-refractivity contribution in [2.45, 2.75) is 37.0 Å². The average Bonchev–Trinajstić information content (AvgIpc) is 2.09. The number of rotatable bonds is 6. The fraction of sp³-hybridized carbons (Fsp3) is 1.00. The van der Waals surface area contributed by atoms with E-state index in [1.54, 1.807) is 0 Å². The van der Waals surface area contributed by atoms with E-state index in [9.17, 15) is 47.9 Å². The molecule has 0 aromatic rings. The summed E-state index contributed by atoms with van der Waals surface area (Å²) in [5.41, 5.74) is 0. The van der Waals surface area contributed by atoms with E-state index in [1.165, 1.54) is 0 Å². The summed E-state index contributed by atoms with van der Waals surface area (Å²) in [5.74, 6) is -12.6. The van der Waals surface area contributed by atoms with Crippen LogP contribution in [0.1, 0.15) is 12.8 Å². The van der Waals surface area contributed by atoms with E-state index in [1.807, 2.05) is 0 Å². The van der Waals surface area contributed by atoms with Crippen LogP contribution in [0, 0.1) is 0 Å². The van der Waals surface area contributed by atoms with Crippen LogP contribution in [0.25, 0.3) is 0 Å². The van der Waals surface area contributed by atoms with Crippen molar-refractivity contribution in [1.29, 1.82) is 0 Å². The molecule has 0 spiro atoms. The van der Waals surface area contributed by atoms with Crippen molar-refractivity contribution in [3.63, 3.8) is 0 Å². The third kappa shape index (κ3) is 4.97. The van der Waals surface area contributed by atoms with Gasteiger partial charge in [0.15, 0.2) is 0 Å². The van der Waals surface area contributed by atoms with Crippen molar-refractivity contribution in [3.05, 3.63) is 0 Å². The Hall–Kier alpha value is -0.760. The molecule has 4 nitrogen and oxygen atoms in total. The lowest BCUT2D eigenvalue weighted by molar-refractivity contribution is -0.375. The Bertz CT molecular complexity index is 440. The van der Waals surface area contributed by atoms with Gasteiger partial charge in [0.1, 0.15) is 0 Å². The predicted molar refractivity (Wildman–Crippen MR) is 42.8 cm³/mol. The minimum absolute atomic E-state index is 2.09. The van der Waals surface area contributed by atoms with E-state index in [4.69, 9.17) is 4.55 Å². The average molecular weight is 344 g/mol. The van der Waals surface area contributed by atoms with Gasteiger partial charge in [-0.2, -0.15) is 52.1 Å². The number of hydrogen-bond acceptors (Lipinski definition) is 3. The summed E-state index contributed by atoms with van der Waals surface area (Å²) in [7, 11) is -6.25. The molecular formula is C6H5F9O4S. The minimum Gasteiger partial charge on any atom is -0.263 e. The van der Waals surface area contributed by atoms with Crippen LogP contribution in [0.2, 0.25) is 0 Å². The van der Waals surface area contributed by atoms with Crippen molar-refractivity contribution in [2.24, 2.45) is 0 Å². The van der Waals surface area contributed by atoms with E-state index >= 15 is 0 Å². The van der Waals surface area contributed by atoms with Gasteiger partial charge in [-0.05, 0) is 0 Å². The zero-order valence-corrected chi connectivity index (χ0v) is 9.71. The zero-order chi connectivity index (χ0) is 16.6. The van der Waals surface area contributed by atoms with Crippen LogP contribution in [-0.2, 0) is 14.6 Å². The molecule has 0 saturated carbocycles. The van der Waals surface area contributed by atoms with Crippen molar-refractivity contribution < 1.29 is 56.7 Å². The number of hydrogen-bond donors (Lipinski definition) is 1. The van der Waals surface area contributed by atoms with Crippen LogP contribution in [0.4, 0.5) is 39.5 Å². The monoisotopic (exact) mass is 344 g/mol. The van der Waals surface area contributed by atoms with Crippen LogP contribution < -0.4 is 0 Å². The van der Waals surface area contributed by atoms with Crippen LogP contribution in [0.5, 0.6) is 0 Å². The first kappa shape index (κ1) is 19.2. The predicted octanol–water partition coefficient (Wildman–Crippen LogP) is 3.01. The molecule has 0 radical (unpaired) electrons. The third-order valence-electron chi connectivity index (χ3n) is 1.76. The molecule has 0 atom stereocenters. The van der Waals surface area contributed by atoms with Gasteiger partial charge in [0.25, 0.3) is 0 Å². The van der Waals surface area contributed by atoms with Gasteiger partial charge in [0.05, 0.1) is 0 Å². The lowest BCUT2D eigenvalue weighted by Crippen LogP contribution is -2.56. The van der Waals surface area contributed by atoms with Crippen LogP contribution >= 0.6 is 0 Å². The largest absolute Gasteiger partial charge is 0.441 e. The Morgan fingerprint density at radius 1 is 0.850 bits per heavy atom. The minimum atomic E-state index is -6.61. The lowest BCUT2D eigenvalue weighted by atomic mass is 10.1. The summed E-state index contributed by atoms with van der Waals surface area (Å²) in [6.07, 6.45) is -17.1. The van der Waals surface area contributed by atoms with E-state index in [0.29, 0.717) is 0 Å². The fourth-order valence-electron chi connectivity index (χ4n) is 0.853. The summed E-state index contributed by atoms with van der Waals surface area (Å²) < 4.78 is 140. The van der Waals surface area contributed by atoms with Crippen molar-refractivity contribution in [1.82, 2.24) is 0 Å². The highest BCUT2D eigenvalue weighted by Crippen LogP contribution is 2.49. The Morgan fingerprint density at radius 3 is 1.55 bits per heavy atom. The maximum atomic E-state index is 12.7. The van der Waals surface area contributed by atoms with E-state index < -0.39 is 47.4 Å². The van der Waals surface area contributed by atoms with Gasteiger partial charge < -0.3 is 0 Å². The smallest absolute Gasteiger partial charge is 0.263 e. The maximum absolute atomic E-state index is 12.7. The summed E-state index contributed by atoms with van der Waals surface area (Å²) in [6, 6.07) is 0. The molecule has 0 aliphatic rings. The van der Waals surface area contributed by atoms with Gasteiger partial charge in [-0.3, -0.25) is 4.55 Å². The Balaban J connectivity index is 5.27. The van der Waals surface area contributed by atoms with Crippen LogP contribution in [0.15, 0.2) is 0 Å². The fourth-order valence-corrected chi connectivity index (χ4v) is 1.22. The van der Waals surface area contributed by atoms with Crippen molar-refractivity contribution >= 4 is 10.4 Å². The molecule has 0 bridgehead atoms. The molecule has 20 heavy (non-hydrogen) atoms. The topological polar surface area (TPSA) is 63.6 Å². The number of halogens is 9. The Kier molecular flexibility index (Phi) is 5.02. The molecule has 0 fully saturated rings. The van der Waals surface area contributed by atoms with Gasteiger partial charge in [0.2, 0.25) is 0 Å².